The molecule has 1 rings (SSSR count). The second kappa shape index (κ2) is 5.91. The zero-order valence-corrected chi connectivity index (χ0v) is 9.62. The molecule has 1 N–H and O–H groups in total. The molecular weight excluding hydrogens is 198 g/mol. The molecule has 0 aromatic rings. The molecule has 2 heteroatoms. The molecule has 0 saturated heterocycles. The summed E-state index contributed by atoms with van der Waals surface area (Å²) < 4.78 is 0. The Bertz CT molecular complexity index is 402. The van der Waals surface area contributed by atoms with Gasteiger partial charge in [-0.15, -0.1) is 0 Å². The van der Waals surface area contributed by atoms with E-state index in [-0.39, 0.29) is 7.33 Å². The van der Waals surface area contributed by atoms with Gasteiger partial charge in [0.2, 0.25) is 0 Å². The van der Waals surface area contributed by atoms with Crippen LogP contribution in [0, 0.1) is 0 Å². The SMILES string of the molecule is C=C/C=C\C(=C)NC(=O)C1=CC=C(C)CC1.[HH]. The topological polar surface area (TPSA) is 29.1 Å². The summed E-state index contributed by atoms with van der Waals surface area (Å²) in [4.78, 5) is 11.7. The van der Waals surface area contributed by atoms with Gasteiger partial charge in [-0.25, -0.2) is 0 Å². The summed E-state index contributed by atoms with van der Waals surface area (Å²) in [5.74, 6) is -0.0672. The van der Waals surface area contributed by atoms with Crippen LogP contribution in [0.5, 0.6) is 0 Å². The Morgan fingerprint density at radius 3 is 2.81 bits per heavy atom. The lowest BCUT2D eigenvalue weighted by atomic mass is 9.99. The quantitative estimate of drug-likeness (QED) is 0.719. The molecule has 86 valence electrons. The number of rotatable bonds is 4. The van der Waals surface area contributed by atoms with Gasteiger partial charge in [-0.3, -0.25) is 4.79 Å². The zero-order chi connectivity index (χ0) is 12.0. The average Bonchev–Trinajstić information content (AvgIpc) is 2.27. The molecule has 0 unspecified atom stereocenters. The minimum absolute atomic E-state index is 0. The van der Waals surface area contributed by atoms with Crippen LogP contribution in [0.4, 0.5) is 0 Å². The van der Waals surface area contributed by atoms with Gasteiger partial charge in [0.05, 0.1) is 0 Å². The summed E-state index contributed by atoms with van der Waals surface area (Å²) in [6, 6.07) is 0. The summed E-state index contributed by atoms with van der Waals surface area (Å²) >= 11 is 0. The molecule has 0 heterocycles. The molecule has 0 fully saturated rings. The third-order valence-corrected chi connectivity index (χ3v) is 2.36. The van der Waals surface area contributed by atoms with Crippen molar-refractivity contribution in [3.05, 3.63) is 60.4 Å². The van der Waals surface area contributed by atoms with E-state index in [0.29, 0.717) is 5.70 Å². The Morgan fingerprint density at radius 2 is 2.25 bits per heavy atom. The van der Waals surface area contributed by atoms with Crippen molar-refractivity contribution in [2.75, 3.05) is 0 Å². The van der Waals surface area contributed by atoms with Gasteiger partial charge in [0, 0.05) is 12.7 Å². The maximum absolute atomic E-state index is 11.7. The fraction of sp³-hybridized carbons (Fsp3) is 0.214. The molecule has 0 atom stereocenters. The van der Waals surface area contributed by atoms with E-state index < -0.39 is 0 Å². The molecule has 0 spiro atoms. The van der Waals surface area contributed by atoms with Crippen LogP contribution in [0.25, 0.3) is 0 Å². The molecule has 2 nitrogen and oxygen atoms in total. The number of amides is 1. The lowest BCUT2D eigenvalue weighted by molar-refractivity contribution is -0.116. The third kappa shape index (κ3) is 3.73. The average molecular weight is 217 g/mol. The molecular formula is C14H19NO. The molecule has 0 bridgehead atoms. The second-order valence-corrected chi connectivity index (χ2v) is 3.78. The number of carbonyl (C=O) groups is 1. The van der Waals surface area contributed by atoms with Crippen LogP contribution >= 0.6 is 0 Å². The fourth-order valence-corrected chi connectivity index (χ4v) is 1.38. The highest BCUT2D eigenvalue weighted by Crippen LogP contribution is 2.17. The number of hydrogen-bond donors (Lipinski definition) is 1. The maximum Gasteiger partial charge on any atom is 0.251 e. The molecule has 0 radical (unpaired) electrons. The van der Waals surface area contributed by atoms with Gasteiger partial charge >= 0.3 is 0 Å². The minimum Gasteiger partial charge on any atom is -0.323 e. The summed E-state index contributed by atoms with van der Waals surface area (Å²) in [5.41, 5.74) is 2.69. The monoisotopic (exact) mass is 217 g/mol. The first-order chi connectivity index (χ1) is 7.63. The normalized spacial score (nSPS) is 15.3. The summed E-state index contributed by atoms with van der Waals surface area (Å²) in [5, 5.41) is 2.73. The van der Waals surface area contributed by atoms with Gasteiger partial charge in [0.15, 0.2) is 0 Å². The predicted octanol–water partition coefficient (Wildman–Crippen LogP) is 3.27. The first-order valence-corrected chi connectivity index (χ1v) is 5.29. The predicted molar refractivity (Wildman–Crippen MR) is 69.8 cm³/mol. The van der Waals surface area contributed by atoms with E-state index in [1.807, 2.05) is 12.2 Å². The number of hydrogen-bond acceptors (Lipinski definition) is 1. The molecule has 1 amide bonds. The summed E-state index contributed by atoms with van der Waals surface area (Å²) in [6.45, 7) is 9.35. The van der Waals surface area contributed by atoms with Gasteiger partial charge in [-0.05, 0) is 25.8 Å². The van der Waals surface area contributed by atoms with E-state index in [0.717, 1.165) is 18.4 Å². The van der Waals surface area contributed by atoms with Crippen LogP contribution in [0.3, 0.4) is 0 Å². The van der Waals surface area contributed by atoms with Gasteiger partial charge in [0.1, 0.15) is 0 Å². The van der Waals surface area contributed by atoms with Gasteiger partial charge in [-0.1, -0.05) is 43.0 Å². The molecule has 0 aromatic carbocycles. The first-order valence-electron chi connectivity index (χ1n) is 5.29. The van der Waals surface area contributed by atoms with Crippen molar-refractivity contribution in [1.82, 2.24) is 5.32 Å². The van der Waals surface area contributed by atoms with E-state index in [1.54, 1.807) is 18.2 Å². The van der Waals surface area contributed by atoms with Crippen molar-refractivity contribution in [3.8, 4) is 0 Å². The van der Waals surface area contributed by atoms with E-state index in [9.17, 15) is 4.79 Å². The van der Waals surface area contributed by atoms with Gasteiger partial charge < -0.3 is 5.32 Å². The summed E-state index contributed by atoms with van der Waals surface area (Å²) in [7, 11) is 0. The van der Waals surface area contributed by atoms with Crippen molar-refractivity contribution in [3.63, 3.8) is 0 Å². The standard InChI is InChI=1S/C14H17NO.H2/c1-4-5-6-12(3)15-14(16)13-9-7-11(2)8-10-13;/h4-7,9H,1,3,8,10H2,2H3,(H,15,16);1H/b6-5-;. The van der Waals surface area contributed by atoms with Gasteiger partial charge in [0.25, 0.3) is 5.91 Å². The Labute approximate surface area is 98.2 Å². The molecule has 0 aliphatic heterocycles. The fourth-order valence-electron chi connectivity index (χ4n) is 1.38. The largest absolute Gasteiger partial charge is 0.323 e. The van der Waals surface area contributed by atoms with Crippen molar-refractivity contribution in [2.45, 2.75) is 19.8 Å². The van der Waals surface area contributed by atoms with E-state index in [1.165, 1.54) is 5.57 Å². The van der Waals surface area contributed by atoms with E-state index in [4.69, 9.17) is 0 Å². The number of carbonyl (C=O) groups excluding carboxylic acids is 1. The first kappa shape index (κ1) is 12.2. The molecule has 1 aliphatic rings. The molecule has 16 heavy (non-hydrogen) atoms. The van der Waals surface area contributed by atoms with Crippen LogP contribution in [0.2, 0.25) is 0 Å². The Morgan fingerprint density at radius 1 is 1.50 bits per heavy atom. The number of allylic oxidation sites excluding steroid dienone is 6. The van der Waals surface area contributed by atoms with Crippen LogP contribution in [-0.2, 0) is 4.79 Å². The lowest BCUT2D eigenvalue weighted by Gasteiger charge is -2.12. The van der Waals surface area contributed by atoms with Crippen LogP contribution in [0.1, 0.15) is 21.2 Å². The van der Waals surface area contributed by atoms with Crippen LogP contribution in [-0.4, -0.2) is 5.91 Å². The Hall–Kier alpha value is -1.83. The van der Waals surface area contributed by atoms with Crippen LogP contribution < -0.4 is 5.32 Å². The van der Waals surface area contributed by atoms with Gasteiger partial charge in [-0.2, -0.15) is 0 Å². The van der Waals surface area contributed by atoms with E-state index >= 15 is 0 Å². The lowest BCUT2D eigenvalue weighted by Crippen LogP contribution is -2.23. The van der Waals surface area contributed by atoms with Crippen molar-refractivity contribution < 1.29 is 6.22 Å². The number of nitrogens with one attached hydrogen (secondary N) is 1. The van der Waals surface area contributed by atoms with Crippen LogP contribution in [0.15, 0.2) is 60.4 Å². The highest BCUT2D eigenvalue weighted by atomic mass is 16.1. The molecule has 0 saturated carbocycles. The second-order valence-electron chi connectivity index (χ2n) is 3.78. The van der Waals surface area contributed by atoms with E-state index in [2.05, 4.69) is 25.4 Å². The zero-order valence-electron chi connectivity index (χ0n) is 9.62. The third-order valence-electron chi connectivity index (χ3n) is 2.36. The highest BCUT2D eigenvalue weighted by molar-refractivity contribution is 5.95. The van der Waals surface area contributed by atoms with Crippen molar-refractivity contribution >= 4 is 5.91 Å². The Balaban J connectivity index is 0.00000256. The minimum atomic E-state index is -0.0672. The molecule has 0 aromatic heterocycles. The highest BCUT2D eigenvalue weighted by Gasteiger charge is 2.11. The van der Waals surface area contributed by atoms with Crippen molar-refractivity contribution in [1.29, 1.82) is 0 Å². The van der Waals surface area contributed by atoms with Crippen molar-refractivity contribution in [2.24, 2.45) is 0 Å². The Kier molecular flexibility index (Phi) is 4.52. The maximum atomic E-state index is 11.7. The summed E-state index contributed by atoms with van der Waals surface area (Å²) in [6.07, 6.45) is 10.7. The molecule has 1 aliphatic carbocycles. The smallest absolute Gasteiger partial charge is 0.251 e.